The van der Waals surface area contributed by atoms with Crippen molar-refractivity contribution >= 4 is 35.1 Å². The normalized spacial score (nSPS) is 19.1. The van der Waals surface area contributed by atoms with Gasteiger partial charge in [0, 0.05) is 44.7 Å². The molecule has 136 valence electrons. The monoisotopic (exact) mass is 363 g/mol. The molecule has 2 aromatic rings. The molecule has 0 radical (unpaired) electrons. The smallest absolute Gasteiger partial charge is 0.227 e. The van der Waals surface area contributed by atoms with Crippen molar-refractivity contribution in [2.75, 3.05) is 68.8 Å². The van der Waals surface area contributed by atoms with Crippen molar-refractivity contribution in [3.63, 3.8) is 0 Å². The molecule has 6 nitrogen and oxygen atoms in total. The van der Waals surface area contributed by atoms with Gasteiger partial charge < -0.3 is 19.4 Å². The van der Waals surface area contributed by atoms with Crippen LogP contribution < -0.4 is 9.80 Å². The Labute approximate surface area is 155 Å². The molecule has 25 heavy (non-hydrogen) atoms. The van der Waals surface area contributed by atoms with Crippen LogP contribution in [0.2, 0.25) is 0 Å². The highest BCUT2D eigenvalue weighted by molar-refractivity contribution is 5.90. The second-order valence-electron chi connectivity index (χ2n) is 6.39. The minimum atomic E-state index is 0. The van der Waals surface area contributed by atoms with E-state index in [0.29, 0.717) is 0 Å². The van der Waals surface area contributed by atoms with E-state index in [1.807, 2.05) is 0 Å². The van der Waals surface area contributed by atoms with E-state index in [-0.39, 0.29) is 12.4 Å². The molecule has 4 rings (SSSR count). The topological polar surface area (TPSA) is 44.7 Å². The Morgan fingerprint density at radius 1 is 0.920 bits per heavy atom. The number of piperazine rings is 1. The van der Waals surface area contributed by atoms with E-state index >= 15 is 0 Å². The summed E-state index contributed by atoms with van der Waals surface area (Å²) in [6, 6.07) is 8.33. The van der Waals surface area contributed by atoms with Crippen molar-refractivity contribution in [1.29, 1.82) is 0 Å². The van der Waals surface area contributed by atoms with Gasteiger partial charge >= 0.3 is 0 Å². The van der Waals surface area contributed by atoms with Crippen LogP contribution in [0.3, 0.4) is 0 Å². The molecule has 0 amide bonds. The largest absolute Gasteiger partial charge is 0.378 e. The van der Waals surface area contributed by atoms with E-state index < -0.39 is 0 Å². The van der Waals surface area contributed by atoms with Gasteiger partial charge in [0.1, 0.15) is 5.82 Å². The van der Waals surface area contributed by atoms with Gasteiger partial charge in [-0.2, -0.15) is 4.98 Å². The molecule has 2 aliphatic rings. The maximum absolute atomic E-state index is 5.50. The number of hydrogen-bond donors (Lipinski definition) is 0. The van der Waals surface area contributed by atoms with Gasteiger partial charge in [0.2, 0.25) is 5.95 Å². The first-order valence-electron chi connectivity index (χ1n) is 8.92. The van der Waals surface area contributed by atoms with Crippen molar-refractivity contribution in [2.45, 2.75) is 6.92 Å². The summed E-state index contributed by atoms with van der Waals surface area (Å²) >= 11 is 0. The van der Waals surface area contributed by atoms with Crippen molar-refractivity contribution in [3.05, 3.63) is 24.3 Å². The number of fused-ring (bicyclic) bond motifs is 1. The number of para-hydroxylation sites is 1. The molecular formula is C18H26ClN5O. The fraction of sp³-hybridized carbons (Fsp3) is 0.556. The Balaban J connectivity index is 0.00000182. The Hall–Kier alpha value is -1.63. The van der Waals surface area contributed by atoms with Crippen LogP contribution in [-0.4, -0.2) is 73.9 Å². The number of benzene rings is 1. The van der Waals surface area contributed by atoms with Crippen LogP contribution >= 0.6 is 12.4 Å². The zero-order valence-electron chi connectivity index (χ0n) is 14.7. The quantitative estimate of drug-likeness (QED) is 0.831. The van der Waals surface area contributed by atoms with Crippen LogP contribution in [0, 0.1) is 0 Å². The third-order valence-electron chi connectivity index (χ3n) is 4.98. The lowest BCUT2D eigenvalue weighted by Gasteiger charge is -2.35. The van der Waals surface area contributed by atoms with Crippen LogP contribution in [0.25, 0.3) is 10.9 Å². The average molecular weight is 364 g/mol. The lowest BCUT2D eigenvalue weighted by molar-refractivity contribution is 0.122. The molecule has 0 bridgehead atoms. The third kappa shape index (κ3) is 3.81. The van der Waals surface area contributed by atoms with Crippen molar-refractivity contribution in [1.82, 2.24) is 14.9 Å². The first-order chi connectivity index (χ1) is 11.8. The number of rotatable bonds is 3. The van der Waals surface area contributed by atoms with Gasteiger partial charge in [-0.1, -0.05) is 19.1 Å². The van der Waals surface area contributed by atoms with Crippen molar-refractivity contribution < 1.29 is 4.74 Å². The number of likely N-dealkylation sites (N-methyl/N-ethyl adjacent to an activating group) is 1. The summed E-state index contributed by atoms with van der Waals surface area (Å²) in [5.74, 6) is 1.92. The first kappa shape index (κ1) is 18.2. The SMILES string of the molecule is CCN1CCN(c2nc(N3CCOCC3)c3ccccc3n2)CC1.Cl. The average Bonchev–Trinajstić information content (AvgIpc) is 2.68. The highest BCUT2D eigenvalue weighted by atomic mass is 35.5. The molecule has 0 N–H and O–H groups in total. The molecule has 2 aliphatic heterocycles. The Morgan fingerprint density at radius 3 is 2.36 bits per heavy atom. The van der Waals surface area contributed by atoms with Gasteiger partial charge in [0.05, 0.1) is 18.7 Å². The third-order valence-corrected chi connectivity index (χ3v) is 4.98. The number of hydrogen-bond acceptors (Lipinski definition) is 6. The summed E-state index contributed by atoms with van der Waals surface area (Å²) < 4.78 is 5.50. The number of nitrogens with zero attached hydrogens (tertiary/aromatic N) is 5. The fourth-order valence-corrected chi connectivity index (χ4v) is 3.47. The molecule has 0 saturated carbocycles. The summed E-state index contributed by atoms with van der Waals surface area (Å²) in [4.78, 5) is 16.9. The van der Waals surface area contributed by atoms with Crippen LogP contribution in [0.5, 0.6) is 0 Å². The highest BCUT2D eigenvalue weighted by Crippen LogP contribution is 2.27. The van der Waals surface area contributed by atoms with Crippen LogP contribution in [0.1, 0.15) is 6.92 Å². The van der Waals surface area contributed by atoms with Gasteiger partial charge in [-0.3, -0.25) is 0 Å². The zero-order valence-corrected chi connectivity index (χ0v) is 15.5. The van der Waals surface area contributed by atoms with Crippen LogP contribution in [0.15, 0.2) is 24.3 Å². The van der Waals surface area contributed by atoms with E-state index in [2.05, 4.69) is 45.9 Å². The molecule has 0 spiro atoms. The fourth-order valence-electron chi connectivity index (χ4n) is 3.47. The van der Waals surface area contributed by atoms with Crippen molar-refractivity contribution in [2.24, 2.45) is 0 Å². The second-order valence-corrected chi connectivity index (χ2v) is 6.39. The molecule has 2 saturated heterocycles. The lowest BCUT2D eigenvalue weighted by atomic mass is 10.2. The van der Waals surface area contributed by atoms with E-state index in [4.69, 9.17) is 14.7 Å². The molecule has 2 fully saturated rings. The molecule has 3 heterocycles. The summed E-state index contributed by atoms with van der Waals surface area (Å²) in [6.45, 7) is 10.8. The van der Waals surface area contributed by atoms with E-state index in [0.717, 1.165) is 81.7 Å². The summed E-state index contributed by atoms with van der Waals surface area (Å²) in [7, 11) is 0. The van der Waals surface area contributed by atoms with E-state index in [9.17, 15) is 0 Å². The van der Waals surface area contributed by atoms with E-state index in [1.165, 1.54) is 0 Å². The summed E-state index contributed by atoms with van der Waals surface area (Å²) in [5.41, 5.74) is 1.03. The second kappa shape index (κ2) is 8.17. The number of ether oxygens (including phenoxy) is 1. The first-order valence-corrected chi connectivity index (χ1v) is 8.92. The van der Waals surface area contributed by atoms with Crippen LogP contribution in [-0.2, 0) is 4.74 Å². The summed E-state index contributed by atoms with van der Waals surface area (Å²) in [5, 5.41) is 1.13. The molecule has 0 aliphatic carbocycles. The molecule has 1 aromatic heterocycles. The standard InChI is InChI=1S/C18H25N5O.ClH/c1-2-21-7-9-23(10-8-21)18-19-16-6-4-3-5-15(16)17(20-18)22-11-13-24-14-12-22;/h3-6H,2,7-14H2,1H3;1H. The molecule has 1 aromatic carbocycles. The summed E-state index contributed by atoms with van der Waals surface area (Å²) in [6.07, 6.45) is 0. The number of aromatic nitrogens is 2. The Morgan fingerprint density at radius 2 is 1.64 bits per heavy atom. The minimum absolute atomic E-state index is 0. The van der Waals surface area contributed by atoms with Gasteiger partial charge in [-0.15, -0.1) is 12.4 Å². The highest BCUT2D eigenvalue weighted by Gasteiger charge is 2.22. The van der Waals surface area contributed by atoms with Crippen LogP contribution in [0.4, 0.5) is 11.8 Å². The van der Waals surface area contributed by atoms with Gasteiger partial charge in [0.15, 0.2) is 0 Å². The number of halogens is 1. The lowest BCUT2D eigenvalue weighted by Crippen LogP contribution is -2.47. The van der Waals surface area contributed by atoms with Gasteiger partial charge in [-0.25, -0.2) is 4.98 Å². The zero-order chi connectivity index (χ0) is 16.4. The minimum Gasteiger partial charge on any atom is -0.378 e. The predicted octanol–water partition coefficient (Wildman–Crippen LogP) is 2.03. The molecule has 0 unspecified atom stereocenters. The molecule has 0 atom stereocenters. The number of anilines is 2. The van der Waals surface area contributed by atoms with Gasteiger partial charge in [-0.05, 0) is 18.7 Å². The maximum Gasteiger partial charge on any atom is 0.227 e. The molecular weight excluding hydrogens is 338 g/mol. The number of morpholine rings is 1. The maximum atomic E-state index is 5.50. The Kier molecular flexibility index (Phi) is 5.93. The molecule has 7 heteroatoms. The van der Waals surface area contributed by atoms with Gasteiger partial charge in [0.25, 0.3) is 0 Å². The Bertz CT molecular complexity index is 699. The predicted molar refractivity (Wildman–Crippen MR) is 104 cm³/mol. The van der Waals surface area contributed by atoms with Crippen molar-refractivity contribution in [3.8, 4) is 0 Å². The van der Waals surface area contributed by atoms with E-state index in [1.54, 1.807) is 0 Å².